The molecule has 1 unspecified atom stereocenters. The number of hydrogen-bond donors (Lipinski definition) is 1. The predicted molar refractivity (Wildman–Crippen MR) is 138 cm³/mol. The lowest BCUT2D eigenvalue weighted by molar-refractivity contribution is -0.117. The third-order valence-electron chi connectivity index (χ3n) is 6.19. The third kappa shape index (κ3) is 4.06. The number of aliphatic hydroxyl groups excluding tert-OH is 1. The molecule has 0 saturated carbocycles. The molecule has 5 rings (SSSR count). The summed E-state index contributed by atoms with van der Waals surface area (Å²) in [6, 6.07) is 17.3. The van der Waals surface area contributed by atoms with Crippen molar-refractivity contribution >= 4 is 44.3 Å². The zero-order valence-corrected chi connectivity index (χ0v) is 21.0. The number of hydrogen-bond acceptors (Lipinski definition) is 5. The maximum absolute atomic E-state index is 13.7. The van der Waals surface area contributed by atoms with Crippen LogP contribution in [0.1, 0.15) is 48.5 Å². The van der Waals surface area contributed by atoms with Gasteiger partial charge in [-0.15, -0.1) is 0 Å². The van der Waals surface area contributed by atoms with Crippen molar-refractivity contribution in [3.05, 3.63) is 106 Å². The van der Waals surface area contributed by atoms with Crippen molar-refractivity contribution in [1.82, 2.24) is 4.98 Å². The summed E-state index contributed by atoms with van der Waals surface area (Å²) in [6.45, 7) is 6.33. The predicted octanol–water partition coefficient (Wildman–Crippen LogP) is 6.67. The van der Waals surface area contributed by atoms with Gasteiger partial charge in [0.15, 0.2) is 11.5 Å². The number of anilines is 1. The Bertz CT molecular complexity index is 1480. The molecule has 7 heteroatoms. The van der Waals surface area contributed by atoms with Crippen LogP contribution in [0.25, 0.3) is 11.0 Å². The minimum atomic E-state index is -0.835. The van der Waals surface area contributed by atoms with Gasteiger partial charge in [-0.25, -0.2) is 0 Å². The lowest BCUT2D eigenvalue weighted by Crippen LogP contribution is -2.31. The number of benzene rings is 2. The molecule has 0 radical (unpaired) electrons. The molecule has 1 amide bonds. The Morgan fingerprint density at radius 3 is 2.37 bits per heavy atom. The van der Waals surface area contributed by atoms with Crippen molar-refractivity contribution in [2.75, 3.05) is 4.90 Å². The van der Waals surface area contributed by atoms with Gasteiger partial charge in [0.25, 0.3) is 5.91 Å². The second kappa shape index (κ2) is 8.50. The molecular formula is C28H23BrN2O4. The van der Waals surface area contributed by atoms with Crippen LogP contribution < -0.4 is 4.90 Å². The molecule has 1 atom stereocenters. The summed E-state index contributed by atoms with van der Waals surface area (Å²) >= 11 is 3.42. The van der Waals surface area contributed by atoms with Gasteiger partial charge in [-0.1, -0.05) is 48.8 Å². The Balaban J connectivity index is 1.62. The van der Waals surface area contributed by atoms with Crippen molar-refractivity contribution in [3.63, 3.8) is 0 Å². The highest BCUT2D eigenvalue weighted by molar-refractivity contribution is 9.10. The fourth-order valence-electron chi connectivity index (χ4n) is 4.35. The first kappa shape index (κ1) is 23.1. The van der Waals surface area contributed by atoms with E-state index in [-0.39, 0.29) is 16.7 Å². The van der Waals surface area contributed by atoms with Gasteiger partial charge in [0.1, 0.15) is 5.58 Å². The molecule has 0 aliphatic carbocycles. The van der Waals surface area contributed by atoms with E-state index in [9.17, 15) is 14.7 Å². The summed E-state index contributed by atoms with van der Waals surface area (Å²) in [5.41, 5.74) is 2.79. The van der Waals surface area contributed by atoms with Gasteiger partial charge in [-0.05, 0) is 65.1 Å². The Hall–Kier alpha value is -3.71. The van der Waals surface area contributed by atoms with E-state index in [0.29, 0.717) is 16.8 Å². The van der Waals surface area contributed by atoms with Crippen molar-refractivity contribution in [2.45, 2.75) is 32.2 Å². The lowest BCUT2D eigenvalue weighted by Gasteiger charge is -2.27. The minimum Gasteiger partial charge on any atom is -0.503 e. The lowest BCUT2D eigenvalue weighted by atomic mass is 9.87. The summed E-state index contributed by atoms with van der Waals surface area (Å²) in [5.74, 6) is -1.72. The standard InChI is InChI=1S/C28H23BrN2O4/c1-28(2,3)18-4-7-20(8-5-18)31-24(16-10-12-30-13-11-16)23(26(33)27(31)34)25(32)22-15-17-14-19(29)6-9-21(17)35-22/h4-15,24,33H,1-3H3. The van der Waals surface area contributed by atoms with E-state index in [1.165, 1.54) is 4.90 Å². The first-order valence-corrected chi connectivity index (χ1v) is 12.0. The average molecular weight is 531 g/mol. The molecular weight excluding hydrogens is 508 g/mol. The first-order valence-electron chi connectivity index (χ1n) is 11.2. The molecule has 0 bridgehead atoms. The number of carbonyl (C=O) groups is 2. The number of Topliss-reactive ketones (excluding diaryl/α,β-unsaturated/α-hetero) is 1. The van der Waals surface area contributed by atoms with E-state index in [0.717, 1.165) is 15.4 Å². The van der Waals surface area contributed by atoms with Crippen LogP contribution in [-0.2, 0) is 10.2 Å². The monoisotopic (exact) mass is 530 g/mol. The van der Waals surface area contributed by atoms with Crippen LogP contribution in [0.3, 0.4) is 0 Å². The van der Waals surface area contributed by atoms with Gasteiger partial charge in [0.05, 0.1) is 11.6 Å². The second-order valence-electron chi connectivity index (χ2n) is 9.54. The van der Waals surface area contributed by atoms with Crippen molar-refractivity contribution < 1.29 is 19.1 Å². The number of halogens is 1. The Labute approximate surface area is 211 Å². The van der Waals surface area contributed by atoms with Gasteiger partial charge in [0, 0.05) is 27.9 Å². The number of aliphatic hydroxyl groups is 1. The van der Waals surface area contributed by atoms with Crippen molar-refractivity contribution in [2.24, 2.45) is 0 Å². The van der Waals surface area contributed by atoms with E-state index in [4.69, 9.17) is 4.42 Å². The topological polar surface area (TPSA) is 83.6 Å². The smallest absolute Gasteiger partial charge is 0.294 e. The van der Waals surface area contributed by atoms with Crippen LogP contribution in [-0.4, -0.2) is 21.8 Å². The molecule has 0 saturated heterocycles. The largest absolute Gasteiger partial charge is 0.503 e. The zero-order valence-electron chi connectivity index (χ0n) is 19.4. The van der Waals surface area contributed by atoms with Crippen LogP contribution in [0.4, 0.5) is 5.69 Å². The van der Waals surface area contributed by atoms with Crippen LogP contribution in [0.5, 0.6) is 0 Å². The molecule has 35 heavy (non-hydrogen) atoms. The van der Waals surface area contributed by atoms with E-state index in [1.54, 1.807) is 36.7 Å². The molecule has 2 aromatic heterocycles. The number of rotatable bonds is 4. The maximum Gasteiger partial charge on any atom is 0.294 e. The Kier molecular flexibility index (Phi) is 5.60. The summed E-state index contributed by atoms with van der Waals surface area (Å²) in [5, 5.41) is 11.7. The van der Waals surface area contributed by atoms with Crippen LogP contribution in [0, 0.1) is 0 Å². The van der Waals surface area contributed by atoms with E-state index in [1.807, 2.05) is 36.4 Å². The summed E-state index contributed by atoms with van der Waals surface area (Å²) in [7, 11) is 0. The quantitative estimate of drug-likeness (QED) is 0.298. The van der Waals surface area contributed by atoms with Gasteiger partial charge in [-0.2, -0.15) is 0 Å². The van der Waals surface area contributed by atoms with Gasteiger partial charge in [0.2, 0.25) is 5.78 Å². The molecule has 1 N–H and O–H groups in total. The second-order valence-corrected chi connectivity index (χ2v) is 10.5. The van der Waals surface area contributed by atoms with Gasteiger partial charge in [-0.3, -0.25) is 19.5 Å². The first-order chi connectivity index (χ1) is 16.6. The van der Waals surface area contributed by atoms with Gasteiger partial charge < -0.3 is 9.52 Å². The fraction of sp³-hybridized carbons (Fsp3) is 0.179. The summed E-state index contributed by atoms with van der Waals surface area (Å²) < 4.78 is 6.65. The number of amides is 1. The SMILES string of the molecule is CC(C)(C)c1ccc(N2C(=O)C(O)=C(C(=O)c3cc4cc(Br)ccc4o3)C2c2ccncc2)cc1. The van der Waals surface area contributed by atoms with E-state index < -0.39 is 23.5 Å². The molecule has 6 nitrogen and oxygen atoms in total. The van der Waals surface area contributed by atoms with E-state index >= 15 is 0 Å². The Morgan fingerprint density at radius 1 is 1.03 bits per heavy atom. The van der Waals surface area contributed by atoms with Gasteiger partial charge >= 0.3 is 0 Å². The van der Waals surface area contributed by atoms with Crippen LogP contribution in [0.2, 0.25) is 0 Å². The highest BCUT2D eigenvalue weighted by atomic mass is 79.9. The highest BCUT2D eigenvalue weighted by Crippen LogP contribution is 2.42. The molecule has 3 heterocycles. The Morgan fingerprint density at radius 2 is 1.71 bits per heavy atom. The summed E-state index contributed by atoms with van der Waals surface area (Å²) in [6.07, 6.45) is 3.19. The average Bonchev–Trinajstić information content (AvgIpc) is 3.37. The molecule has 1 aliphatic heterocycles. The van der Waals surface area contributed by atoms with Crippen molar-refractivity contribution in [3.8, 4) is 0 Å². The fourth-order valence-corrected chi connectivity index (χ4v) is 4.72. The minimum absolute atomic E-state index is 0.0285. The summed E-state index contributed by atoms with van der Waals surface area (Å²) in [4.78, 5) is 32.5. The van der Waals surface area contributed by atoms with Crippen molar-refractivity contribution in [1.29, 1.82) is 0 Å². The molecule has 176 valence electrons. The molecule has 1 aliphatic rings. The molecule has 0 spiro atoms. The molecule has 0 fully saturated rings. The third-order valence-corrected chi connectivity index (χ3v) is 6.68. The number of aromatic nitrogens is 1. The molecule has 2 aromatic carbocycles. The maximum atomic E-state index is 13.7. The number of nitrogens with zero attached hydrogens (tertiary/aromatic N) is 2. The highest BCUT2D eigenvalue weighted by Gasteiger charge is 2.45. The normalized spacial score (nSPS) is 16.4. The number of carbonyl (C=O) groups excluding carboxylic acids is 2. The molecule has 4 aromatic rings. The zero-order chi connectivity index (χ0) is 24.9. The van der Waals surface area contributed by atoms with Crippen LogP contribution >= 0.6 is 15.9 Å². The van der Waals surface area contributed by atoms with Crippen LogP contribution in [0.15, 0.2) is 93.3 Å². The number of ketones is 1. The van der Waals surface area contributed by atoms with E-state index in [2.05, 4.69) is 41.7 Å². The number of fused-ring (bicyclic) bond motifs is 1. The number of furan rings is 1. The number of pyridine rings is 1.